The third-order valence-corrected chi connectivity index (χ3v) is 2.30. The summed E-state index contributed by atoms with van der Waals surface area (Å²) in [5, 5.41) is 0. The molecule has 0 aliphatic carbocycles. The second kappa shape index (κ2) is 5.61. The van der Waals surface area contributed by atoms with E-state index in [1.165, 1.54) is 0 Å². The van der Waals surface area contributed by atoms with E-state index in [1.807, 2.05) is 0 Å². The van der Waals surface area contributed by atoms with Crippen molar-refractivity contribution in [2.75, 3.05) is 0 Å². The Morgan fingerprint density at radius 2 is 1.20 bits per heavy atom. The molecule has 0 rings (SSSR count). The molecule has 15 heavy (non-hydrogen) atoms. The molecule has 0 N–H and O–H groups in total. The Kier molecular flexibility index (Phi) is 8.49. The largest absolute Gasteiger partial charge is 0.352 e. The van der Waals surface area contributed by atoms with Crippen LogP contribution in [-0.4, -0.2) is 0 Å². The van der Waals surface area contributed by atoms with Crippen molar-refractivity contribution in [2.24, 2.45) is 10.8 Å². The molecule has 0 heterocycles. The van der Waals surface area contributed by atoms with Crippen molar-refractivity contribution in [3.63, 3.8) is 0 Å². The van der Waals surface area contributed by atoms with E-state index in [0.717, 1.165) is 6.42 Å². The second-order valence-electron chi connectivity index (χ2n) is 5.80. The van der Waals surface area contributed by atoms with Crippen molar-refractivity contribution in [1.29, 1.82) is 0 Å². The Morgan fingerprint density at radius 1 is 0.867 bits per heavy atom. The molecule has 0 fully saturated rings. The molecule has 0 atom stereocenters. The van der Waals surface area contributed by atoms with Crippen LogP contribution in [0.2, 0.25) is 0 Å². The van der Waals surface area contributed by atoms with E-state index in [4.69, 9.17) is 0 Å². The molecular formula is C12H24Rf3-2. The average molecular weight is 969 g/mol. The number of rotatable bonds is 2. The first-order chi connectivity index (χ1) is 5.13. The second-order valence-corrected chi connectivity index (χ2v) is 5.80. The predicted molar refractivity (Wildman–Crippen MR) is 56.7 cm³/mol. The summed E-state index contributed by atoms with van der Waals surface area (Å²) in [4.78, 5) is 0. The molecule has 0 aromatic carbocycles. The summed E-state index contributed by atoms with van der Waals surface area (Å²) in [6.07, 6.45) is 3.54. The van der Waals surface area contributed by atoms with Crippen molar-refractivity contribution in [3.8, 4) is 0 Å². The first-order valence-corrected chi connectivity index (χ1v) is 4.80. The summed E-state index contributed by atoms with van der Waals surface area (Å²) >= 11 is 0. The fourth-order valence-corrected chi connectivity index (χ4v) is 0.765. The van der Waals surface area contributed by atoms with E-state index in [0.29, 0.717) is 10.8 Å². The van der Waals surface area contributed by atoms with Crippen LogP contribution in [-0.2, 0) is 0 Å². The maximum Gasteiger partial charge on any atom is 0 e. The quantitative estimate of drug-likeness (QED) is 0.364. The number of hydrogen-bond donors (Lipinski definition) is 0. The fourth-order valence-electron chi connectivity index (χ4n) is 0.765. The van der Waals surface area contributed by atoms with Crippen LogP contribution in [0.4, 0.5) is 0 Å². The number of hydrogen-bond acceptors (Lipinski definition) is 0. The van der Waals surface area contributed by atoms with Gasteiger partial charge < -0.3 is 18.8 Å². The molecule has 0 amide bonds. The SMILES string of the molecule is C[C-](C[CH-]C(C)(C)C)C(C)(C)C.[Rf].[Rf].[Rf]. The van der Waals surface area contributed by atoms with Crippen LogP contribution in [0.1, 0.15) is 54.9 Å². The van der Waals surface area contributed by atoms with Crippen LogP contribution in [0.3, 0.4) is 0 Å². The summed E-state index contributed by atoms with van der Waals surface area (Å²) in [5.41, 5.74) is 0.717. The van der Waals surface area contributed by atoms with Gasteiger partial charge in [-0.25, -0.2) is 0 Å². The van der Waals surface area contributed by atoms with Gasteiger partial charge in [0.2, 0.25) is 0 Å². The van der Waals surface area contributed by atoms with Gasteiger partial charge in [-0.15, -0.1) is 0 Å². The van der Waals surface area contributed by atoms with Crippen LogP contribution in [0, 0.1) is 23.2 Å². The molecular weight excluding hydrogens is 945 g/mol. The molecule has 0 unspecified atom stereocenters. The van der Waals surface area contributed by atoms with Gasteiger partial charge in [-0.2, -0.15) is 17.8 Å². The van der Waals surface area contributed by atoms with Crippen LogP contribution < -0.4 is 0 Å². The Labute approximate surface area is 78.8 Å². The van der Waals surface area contributed by atoms with E-state index in [1.54, 1.807) is 5.92 Å². The Morgan fingerprint density at radius 3 is 1.40 bits per heavy atom. The van der Waals surface area contributed by atoms with E-state index in [2.05, 4.69) is 54.9 Å². The Bertz CT molecular complexity index is 131. The molecule has 0 saturated heterocycles. The molecule has 0 aliphatic rings. The minimum absolute atomic E-state index is 0. The fraction of sp³-hybridized carbons (Fsp3) is 0.833. The van der Waals surface area contributed by atoms with E-state index >= 15 is 0 Å². The third kappa shape index (κ3) is 11.0. The van der Waals surface area contributed by atoms with Crippen LogP contribution in [0.25, 0.3) is 0 Å². The summed E-state index contributed by atoms with van der Waals surface area (Å²) < 4.78 is 0. The van der Waals surface area contributed by atoms with Crippen molar-refractivity contribution in [1.82, 2.24) is 0 Å². The molecule has 0 radical (unpaired) electrons. The predicted octanol–water partition coefficient (Wildman–Crippen LogP) is 4.27. The van der Waals surface area contributed by atoms with Gasteiger partial charge in [0.15, 0.2) is 0 Å². The Balaban J connectivity index is -0.000000202. The summed E-state index contributed by atoms with van der Waals surface area (Å²) in [6, 6.07) is 0. The molecule has 0 aromatic heterocycles. The minimum atomic E-state index is 0. The normalized spacial score (nSPS) is 11.2. The van der Waals surface area contributed by atoms with Gasteiger partial charge in [-0.1, -0.05) is 41.5 Å². The Hall–Kier alpha value is -3.00. The minimum Gasteiger partial charge on any atom is -0.352 e. The van der Waals surface area contributed by atoms with Crippen molar-refractivity contribution in [3.05, 3.63) is 12.3 Å². The van der Waals surface area contributed by atoms with Gasteiger partial charge in [-0.05, 0) is 0 Å². The molecule has 0 aliphatic heterocycles. The zero-order valence-electron chi connectivity index (χ0n) is 11.9. The zero-order valence-corrected chi connectivity index (χ0v) is 31.1. The van der Waals surface area contributed by atoms with Gasteiger partial charge in [-0.3, -0.25) is 0 Å². The van der Waals surface area contributed by atoms with Gasteiger partial charge in [0.05, 0.1) is 0 Å². The van der Waals surface area contributed by atoms with Gasteiger partial charge in [0.25, 0.3) is 0 Å². The summed E-state index contributed by atoms with van der Waals surface area (Å²) in [7, 11) is 0. The standard InChI is InChI=1S/C12H24.3Rf/c1-10(12(5,6)7)8-9-11(2,3)4;;;/h9H,8H2,1-7H3;;;/q-2;;;. The molecule has 80 valence electrons. The van der Waals surface area contributed by atoms with Gasteiger partial charge >= 0.3 is 0 Å². The van der Waals surface area contributed by atoms with Crippen molar-refractivity contribution in [2.45, 2.75) is 54.9 Å². The van der Waals surface area contributed by atoms with Crippen LogP contribution >= 0.6 is 0 Å². The molecule has 0 bridgehead atoms. The van der Waals surface area contributed by atoms with Crippen LogP contribution in [0.15, 0.2) is 0 Å². The topological polar surface area (TPSA) is 0 Å². The summed E-state index contributed by atoms with van der Waals surface area (Å²) in [6.45, 7) is 15.8. The smallest absolute Gasteiger partial charge is 0 e. The van der Waals surface area contributed by atoms with Crippen LogP contribution in [0.5, 0.6) is 0 Å². The molecule has 0 aromatic rings. The average Bonchev–Trinajstić information content (AvgIpc) is 1.78. The van der Waals surface area contributed by atoms with Crippen molar-refractivity contribution >= 4 is 0 Å². The molecule has 0 spiro atoms. The van der Waals surface area contributed by atoms with Crippen molar-refractivity contribution < 1.29 is 0 Å². The molecule has 0 saturated carbocycles. The summed E-state index contributed by atoms with van der Waals surface area (Å²) in [5.74, 6) is 1.57. The van der Waals surface area contributed by atoms with E-state index in [-0.39, 0.29) is 0 Å². The molecule has 0 nitrogen and oxygen atoms in total. The monoisotopic (exact) mass is 970 g/mol. The molecule has 3 heteroatoms. The first-order valence-electron chi connectivity index (χ1n) is 4.80. The van der Waals surface area contributed by atoms with E-state index in [9.17, 15) is 0 Å². The first kappa shape index (κ1) is 22.7. The van der Waals surface area contributed by atoms with E-state index < -0.39 is 0 Å². The third-order valence-electron chi connectivity index (χ3n) is 2.30. The maximum atomic E-state index is 2.40. The van der Waals surface area contributed by atoms with Gasteiger partial charge in [0, 0.05) is 0 Å². The zero-order chi connectivity index (χ0) is 9.99. The maximum absolute atomic E-state index is 2.40. The van der Waals surface area contributed by atoms with Gasteiger partial charge in [0.1, 0.15) is 0 Å².